The van der Waals surface area contributed by atoms with E-state index in [4.69, 9.17) is 23.4 Å². The van der Waals surface area contributed by atoms with E-state index in [2.05, 4.69) is 46.0 Å². The van der Waals surface area contributed by atoms with Gasteiger partial charge in [-0.3, -0.25) is 0 Å². The number of carbonyl (C=O) groups excluding carboxylic acids is 1. The van der Waals surface area contributed by atoms with Crippen molar-refractivity contribution < 1.29 is 28.2 Å². The molecule has 4 atom stereocenters. The highest BCUT2D eigenvalue weighted by Gasteiger charge is 2.46. The summed E-state index contributed by atoms with van der Waals surface area (Å²) in [5.41, 5.74) is 1.64. The van der Waals surface area contributed by atoms with Gasteiger partial charge in [0.2, 0.25) is 0 Å². The fourth-order valence-corrected chi connectivity index (χ4v) is 5.08. The summed E-state index contributed by atoms with van der Waals surface area (Å²) in [4.78, 5) is 12.1. The van der Waals surface area contributed by atoms with E-state index < -0.39 is 14.6 Å². The van der Waals surface area contributed by atoms with E-state index in [1.54, 1.807) is 12.1 Å². The van der Waals surface area contributed by atoms with Crippen molar-refractivity contribution in [1.29, 1.82) is 0 Å². The Kier molecular flexibility index (Phi) is 9.67. The summed E-state index contributed by atoms with van der Waals surface area (Å²) in [5, 5.41) is 0.0761. The summed E-state index contributed by atoms with van der Waals surface area (Å²) in [6.45, 7) is 14.1. The Hall–Kier alpha value is -2.03. The Labute approximate surface area is 211 Å². The zero-order valence-corrected chi connectivity index (χ0v) is 22.9. The molecule has 1 saturated heterocycles. The molecule has 0 N–H and O–H groups in total. The van der Waals surface area contributed by atoms with Crippen molar-refractivity contribution in [3.63, 3.8) is 0 Å². The van der Waals surface area contributed by atoms with Crippen LogP contribution in [0.25, 0.3) is 0 Å². The van der Waals surface area contributed by atoms with Crippen LogP contribution < -0.4 is 0 Å². The molecule has 6 nitrogen and oxygen atoms in total. The predicted molar refractivity (Wildman–Crippen MR) is 139 cm³/mol. The van der Waals surface area contributed by atoms with E-state index in [0.717, 1.165) is 5.56 Å². The highest BCUT2D eigenvalue weighted by atomic mass is 28.4. The highest BCUT2D eigenvalue weighted by molar-refractivity contribution is 6.74. The zero-order chi connectivity index (χ0) is 25.5. The van der Waals surface area contributed by atoms with Crippen molar-refractivity contribution in [2.24, 2.45) is 0 Å². The van der Waals surface area contributed by atoms with E-state index in [-0.39, 0.29) is 42.5 Å². The van der Waals surface area contributed by atoms with Crippen LogP contribution in [0.15, 0.2) is 60.7 Å². The van der Waals surface area contributed by atoms with Gasteiger partial charge in [0, 0.05) is 6.42 Å². The van der Waals surface area contributed by atoms with Gasteiger partial charge >= 0.3 is 5.97 Å². The van der Waals surface area contributed by atoms with Gasteiger partial charge in [-0.1, -0.05) is 69.3 Å². The third-order valence-electron chi connectivity index (χ3n) is 6.79. The maximum atomic E-state index is 12.1. The third kappa shape index (κ3) is 7.98. The Morgan fingerprint density at radius 3 is 2.23 bits per heavy atom. The molecule has 0 aromatic heterocycles. The maximum absolute atomic E-state index is 12.1. The molecular formula is C28H40O6Si. The second kappa shape index (κ2) is 12.3. The molecule has 0 saturated carbocycles. The minimum atomic E-state index is -2.04. The van der Waals surface area contributed by atoms with E-state index in [9.17, 15) is 4.79 Å². The summed E-state index contributed by atoms with van der Waals surface area (Å²) in [6.07, 6.45) is -0.473. The van der Waals surface area contributed by atoms with Crippen LogP contribution in [-0.2, 0) is 30.0 Å². The minimum Gasteiger partial charge on any atom is -0.460 e. The lowest BCUT2D eigenvalue weighted by molar-refractivity contribution is -0.253. The van der Waals surface area contributed by atoms with Gasteiger partial charge in [0.1, 0.15) is 6.61 Å². The normalized spacial score (nSPS) is 23.1. The smallest absolute Gasteiger partial charge is 0.338 e. The number of esters is 1. The molecule has 0 amide bonds. The Morgan fingerprint density at radius 1 is 0.971 bits per heavy atom. The number of benzene rings is 2. The zero-order valence-electron chi connectivity index (χ0n) is 21.9. The number of hydrogen-bond donors (Lipinski definition) is 0. The molecule has 3 rings (SSSR count). The first-order chi connectivity index (χ1) is 16.6. The summed E-state index contributed by atoms with van der Waals surface area (Å²) in [7, 11) is -2.04. The van der Waals surface area contributed by atoms with Gasteiger partial charge in [-0.05, 0) is 42.8 Å². The van der Waals surface area contributed by atoms with Crippen LogP contribution in [0.3, 0.4) is 0 Å². The molecule has 7 heteroatoms. The Balaban J connectivity index is 1.59. The van der Waals surface area contributed by atoms with Crippen molar-refractivity contribution in [2.75, 3.05) is 13.2 Å². The molecule has 0 radical (unpaired) electrons. The number of hydrogen-bond acceptors (Lipinski definition) is 6. The molecule has 1 aliphatic rings. The molecule has 2 aromatic carbocycles. The molecule has 0 bridgehead atoms. The average molecular weight is 501 g/mol. The van der Waals surface area contributed by atoms with Crippen LogP contribution in [-0.4, -0.2) is 52.1 Å². The van der Waals surface area contributed by atoms with Crippen LogP contribution >= 0.6 is 0 Å². The number of ether oxygens (including phenoxy) is 4. The van der Waals surface area contributed by atoms with Crippen LogP contribution in [0.1, 0.15) is 50.0 Å². The molecule has 1 aliphatic heterocycles. The van der Waals surface area contributed by atoms with Gasteiger partial charge in [-0.25, -0.2) is 4.79 Å². The summed E-state index contributed by atoms with van der Waals surface area (Å²) in [5.74, 6) is -0.362. The van der Waals surface area contributed by atoms with Gasteiger partial charge in [0.25, 0.3) is 0 Å². The van der Waals surface area contributed by atoms with Gasteiger partial charge < -0.3 is 23.4 Å². The number of carbonyl (C=O) groups is 1. The molecule has 0 unspecified atom stereocenters. The molecule has 192 valence electrons. The first-order valence-corrected chi connectivity index (χ1v) is 15.3. The van der Waals surface area contributed by atoms with Crippen molar-refractivity contribution in [3.8, 4) is 0 Å². The van der Waals surface area contributed by atoms with Crippen LogP contribution in [0, 0.1) is 0 Å². The quantitative estimate of drug-likeness (QED) is 0.227. The fraction of sp³-hybridized carbons (Fsp3) is 0.536. The van der Waals surface area contributed by atoms with E-state index in [1.165, 1.54) is 0 Å². The lowest BCUT2D eigenvalue weighted by Gasteiger charge is -2.46. The highest BCUT2D eigenvalue weighted by Crippen LogP contribution is 2.40. The lowest BCUT2D eigenvalue weighted by Crippen LogP contribution is -2.56. The molecule has 1 fully saturated rings. The van der Waals surface area contributed by atoms with E-state index in [1.807, 2.05) is 43.3 Å². The lowest BCUT2D eigenvalue weighted by atomic mass is 10.0. The van der Waals surface area contributed by atoms with E-state index in [0.29, 0.717) is 18.6 Å². The van der Waals surface area contributed by atoms with Gasteiger partial charge in [-0.2, -0.15) is 0 Å². The topological polar surface area (TPSA) is 63.2 Å². The van der Waals surface area contributed by atoms with Crippen LogP contribution in [0.4, 0.5) is 0 Å². The Morgan fingerprint density at radius 2 is 1.60 bits per heavy atom. The minimum absolute atomic E-state index is 0.0761. The van der Waals surface area contributed by atoms with Crippen molar-refractivity contribution in [2.45, 2.75) is 83.5 Å². The van der Waals surface area contributed by atoms with Crippen LogP contribution in [0.5, 0.6) is 0 Å². The summed E-state index contributed by atoms with van der Waals surface area (Å²) < 4.78 is 30.6. The average Bonchev–Trinajstić information content (AvgIpc) is 2.82. The standard InChI is InChI=1S/C28H40O6Si/c1-21-26(34-35(5,6)28(2,3)4)24(32-20-22-13-9-7-10-14-22)19-25(33-21)30-17-18-31-27(29)23-15-11-8-12-16-23/h7-16,21,24-26H,17-20H2,1-6H3/t21-,24-,25+,26-/m1/s1. The van der Waals surface area contributed by atoms with Gasteiger partial charge in [0.15, 0.2) is 14.6 Å². The maximum Gasteiger partial charge on any atom is 0.338 e. The Bertz CT molecular complexity index is 912. The van der Waals surface area contributed by atoms with E-state index >= 15 is 0 Å². The third-order valence-corrected chi connectivity index (χ3v) is 11.3. The first-order valence-electron chi connectivity index (χ1n) is 12.4. The number of rotatable bonds is 10. The molecule has 0 aliphatic carbocycles. The second-order valence-corrected chi connectivity index (χ2v) is 15.3. The van der Waals surface area contributed by atoms with Crippen molar-refractivity contribution in [3.05, 3.63) is 71.8 Å². The second-order valence-electron chi connectivity index (χ2n) is 10.6. The van der Waals surface area contributed by atoms with Crippen LogP contribution in [0.2, 0.25) is 18.1 Å². The summed E-state index contributed by atoms with van der Waals surface area (Å²) >= 11 is 0. The first kappa shape index (κ1) is 27.6. The predicted octanol–water partition coefficient (Wildman–Crippen LogP) is 5.97. The molecule has 1 heterocycles. The summed E-state index contributed by atoms with van der Waals surface area (Å²) in [6, 6.07) is 19.1. The fourth-order valence-electron chi connectivity index (χ4n) is 3.71. The SMILES string of the molecule is C[C@H]1O[C@H](OCCOC(=O)c2ccccc2)C[C@@H](OCc2ccccc2)[C@@H]1O[Si](C)(C)C(C)(C)C. The molecule has 35 heavy (non-hydrogen) atoms. The molecule has 2 aromatic rings. The monoisotopic (exact) mass is 500 g/mol. The molecular weight excluding hydrogens is 460 g/mol. The van der Waals surface area contributed by atoms with Gasteiger partial charge in [0.05, 0.1) is 37.1 Å². The molecule has 0 spiro atoms. The van der Waals surface area contributed by atoms with Gasteiger partial charge in [-0.15, -0.1) is 0 Å². The van der Waals surface area contributed by atoms with Crippen molar-refractivity contribution in [1.82, 2.24) is 0 Å². The largest absolute Gasteiger partial charge is 0.460 e. The van der Waals surface area contributed by atoms with Crippen molar-refractivity contribution >= 4 is 14.3 Å².